The number of carboxylic acids is 1. The molecule has 0 aromatic carbocycles. The zero-order chi connectivity index (χ0) is 9.68. The Hall–Kier alpha value is -0.760. The van der Waals surface area contributed by atoms with Gasteiger partial charge in [-0.3, -0.25) is 4.79 Å². The topological polar surface area (TPSA) is 73.6 Å². The smallest absolute Gasteiger partial charge is 0.323 e. The number of rotatable bonds is 5. The molecule has 0 aliphatic carbocycles. The molecule has 0 amide bonds. The van der Waals surface area contributed by atoms with Crippen molar-refractivity contribution in [2.45, 2.75) is 11.7 Å². The molecule has 1 heterocycles. The van der Waals surface area contributed by atoms with Crippen LogP contribution >= 0.6 is 24.4 Å². The molecular weight excluding hydrogens is 232 g/mol. The maximum atomic E-state index is 10.4. The lowest BCUT2D eigenvalue weighted by atomic mass is 10.6. The Morgan fingerprint density at radius 2 is 2.50 bits per heavy atom. The van der Waals surface area contributed by atoms with Crippen molar-refractivity contribution >= 4 is 30.4 Å². The summed E-state index contributed by atoms with van der Waals surface area (Å²) in [4.78, 5) is 18.6. The van der Waals surface area contributed by atoms with Gasteiger partial charge in [-0.25, -0.2) is 9.87 Å². The molecule has 0 bridgehead atoms. The molecule has 0 aliphatic rings. The largest absolute Gasteiger partial charge is 0.480 e. The molecular formula is C6H9ClN2O4S. The molecule has 1 N–H and O–H groups in total. The lowest BCUT2D eigenvalue weighted by Crippen LogP contribution is -2.08. The van der Waals surface area contributed by atoms with Crippen LogP contribution in [0, 0.1) is 0 Å². The minimum Gasteiger partial charge on any atom is -0.480 e. The number of carboxylic acid groups (broad SMARTS) is 1. The summed E-state index contributed by atoms with van der Waals surface area (Å²) in [6.07, 6.45) is 3.04. The monoisotopic (exact) mass is 240 g/mol. The molecule has 80 valence electrons. The molecule has 0 aliphatic heterocycles. The highest BCUT2D eigenvalue weighted by Gasteiger charge is 2.07. The predicted octanol–water partition coefficient (Wildman–Crippen LogP) is 0.975. The van der Waals surface area contributed by atoms with Gasteiger partial charge in [0.25, 0.3) is 0 Å². The van der Waals surface area contributed by atoms with E-state index in [1.54, 1.807) is 6.20 Å². The molecule has 1 aromatic heterocycles. The summed E-state index contributed by atoms with van der Waals surface area (Å²) in [7, 11) is 1.36. The van der Waals surface area contributed by atoms with Crippen LogP contribution in [0.15, 0.2) is 17.6 Å². The minimum atomic E-state index is -0.933. The molecule has 0 spiro atoms. The number of halogens is 1. The van der Waals surface area contributed by atoms with Crippen molar-refractivity contribution in [3.8, 4) is 0 Å². The van der Waals surface area contributed by atoms with Gasteiger partial charge >= 0.3 is 5.97 Å². The fourth-order valence-corrected chi connectivity index (χ4v) is 1.17. The van der Waals surface area contributed by atoms with Crippen molar-refractivity contribution in [2.24, 2.45) is 0 Å². The SMILES string of the molecule is COOSc1nccn1CC(=O)O.Cl. The molecule has 0 atom stereocenters. The lowest BCUT2D eigenvalue weighted by molar-refractivity contribution is -0.160. The maximum Gasteiger partial charge on any atom is 0.323 e. The first-order valence-corrected chi connectivity index (χ1v) is 4.08. The second-order valence-electron chi connectivity index (χ2n) is 2.05. The van der Waals surface area contributed by atoms with E-state index >= 15 is 0 Å². The van der Waals surface area contributed by atoms with Crippen LogP contribution in [0.1, 0.15) is 0 Å². The zero-order valence-corrected chi connectivity index (χ0v) is 8.88. The van der Waals surface area contributed by atoms with Crippen LogP contribution in [0.25, 0.3) is 0 Å². The molecule has 0 fully saturated rings. The van der Waals surface area contributed by atoms with Crippen molar-refractivity contribution < 1.29 is 19.1 Å². The first kappa shape index (κ1) is 13.2. The summed E-state index contributed by atoms with van der Waals surface area (Å²) in [5.41, 5.74) is 0. The van der Waals surface area contributed by atoms with E-state index in [1.165, 1.54) is 17.9 Å². The second-order valence-corrected chi connectivity index (χ2v) is 2.72. The van der Waals surface area contributed by atoms with Crippen LogP contribution < -0.4 is 0 Å². The highest BCUT2D eigenvalue weighted by molar-refractivity contribution is 7.94. The van der Waals surface area contributed by atoms with Gasteiger partial charge in [0.15, 0.2) is 5.16 Å². The van der Waals surface area contributed by atoms with Crippen molar-refractivity contribution in [2.75, 3.05) is 7.11 Å². The summed E-state index contributed by atoms with van der Waals surface area (Å²) in [5, 5.41) is 8.94. The van der Waals surface area contributed by atoms with Crippen LogP contribution in [0.2, 0.25) is 0 Å². The fourth-order valence-electron chi connectivity index (χ4n) is 0.715. The van der Waals surface area contributed by atoms with E-state index < -0.39 is 5.97 Å². The van der Waals surface area contributed by atoms with Crippen molar-refractivity contribution in [3.05, 3.63) is 12.4 Å². The summed E-state index contributed by atoms with van der Waals surface area (Å²) in [6.45, 7) is -0.143. The number of nitrogens with zero attached hydrogens (tertiary/aromatic N) is 2. The molecule has 0 radical (unpaired) electrons. The van der Waals surface area contributed by atoms with Crippen LogP contribution in [0.4, 0.5) is 0 Å². The minimum absolute atomic E-state index is 0. The third kappa shape index (κ3) is 3.97. The highest BCUT2D eigenvalue weighted by Crippen LogP contribution is 2.16. The third-order valence-electron chi connectivity index (χ3n) is 1.16. The van der Waals surface area contributed by atoms with E-state index in [0.29, 0.717) is 5.16 Å². The molecule has 1 aromatic rings. The second kappa shape index (κ2) is 6.66. The van der Waals surface area contributed by atoms with Crippen LogP contribution in [-0.4, -0.2) is 27.7 Å². The molecule has 8 heteroatoms. The molecule has 14 heavy (non-hydrogen) atoms. The number of aliphatic carboxylic acids is 1. The van der Waals surface area contributed by atoms with Crippen LogP contribution in [0.3, 0.4) is 0 Å². The number of carbonyl (C=O) groups is 1. The van der Waals surface area contributed by atoms with Gasteiger partial charge in [-0.15, -0.1) is 12.4 Å². The first-order valence-electron chi connectivity index (χ1n) is 3.34. The van der Waals surface area contributed by atoms with E-state index in [-0.39, 0.29) is 19.0 Å². The normalized spacial score (nSPS) is 9.50. The standard InChI is InChI=1S/C6H8N2O4S.ClH/c1-11-12-13-6-7-2-3-8(6)4-5(9)10;/h2-3H,4H2,1H3,(H,9,10);1H. The summed E-state index contributed by atoms with van der Waals surface area (Å²) >= 11 is 0.862. The number of aromatic nitrogens is 2. The van der Waals surface area contributed by atoms with E-state index in [1.807, 2.05) is 0 Å². The summed E-state index contributed by atoms with van der Waals surface area (Å²) in [6, 6.07) is 0. The Labute approximate surface area is 90.8 Å². The van der Waals surface area contributed by atoms with Crippen molar-refractivity contribution in [1.29, 1.82) is 0 Å². The Bertz CT molecular complexity index is 293. The molecule has 0 saturated heterocycles. The van der Waals surface area contributed by atoms with Gasteiger partial charge in [-0.05, 0) is 0 Å². The molecule has 6 nitrogen and oxygen atoms in total. The van der Waals surface area contributed by atoms with E-state index in [2.05, 4.69) is 14.2 Å². The Balaban J connectivity index is 0.00000169. The molecule has 1 rings (SSSR count). The predicted molar refractivity (Wildman–Crippen MR) is 51.1 cm³/mol. The average Bonchev–Trinajstić information content (AvgIpc) is 2.48. The lowest BCUT2D eigenvalue weighted by Gasteiger charge is -2.01. The van der Waals surface area contributed by atoms with Crippen LogP contribution in [-0.2, 0) is 20.6 Å². The average molecular weight is 241 g/mol. The summed E-state index contributed by atoms with van der Waals surface area (Å²) in [5.74, 6) is -0.933. The van der Waals surface area contributed by atoms with Gasteiger partial charge in [0, 0.05) is 12.4 Å². The summed E-state index contributed by atoms with van der Waals surface area (Å²) < 4.78 is 5.98. The van der Waals surface area contributed by atoms with Gasteiger partial charge in [0.05, 0.1) is 7.11 Å². The maximum absolute atomic E-state index is 10.4. The Morgan fingerprint density at radius 1 is 1.79 bits per heavy atom. The highest BCUT2D eigenvalue weighted by atomic mass is 35.5. The van der Waals surface area contributed by atoms with Crippen LogP contribution in [0.5, 0.6) is 0 Å². The number of hydrogen-bond acceptors (Lipinski definition) is 5. The van der Waals surface area contributed by atoms with Gasteiger partial charge in [-0.2, -0.15) is 4.33 Å². The quantitative estimate of drug-likeness (QED) is 0.470. The Morgan fingerprint density at radius 3 is 3.07 bits per heavy atom. The zero-order valence-electron chi connectivity index (χ0n) is 7.24. The van der Waals surface area contributed by atoms with E-state index in [0.717, 1.165) is 12.0 Å². The van der Waals surface area contributed by atoms with Gasteiger partial charge in [0.1, 0.15) is 18.6 Å². The molecule has 0 unspecified atom stereocenters. The van der Waals surface area contributed by atoms with Gasteiger partial charge < -0.3 is 9.67 Å². The number of imidazole rings is 1. The fraction of sp³-hybridized carbons (Fsp3) is 0.333. The van der Waals surface area contributed by atoms with Crippen molar-refractivity contribution in [1.82, 2.24) is 9.55 Å². The van der Waals surface area contributed by atoms with E-state index in [9.17, 15) is 4.79 Å². The Kier molecular flexibility index (Phi) is 6.30. The third-order valence-corrected chi connectivity index (χ3v) is 1.85. The van der Waals surface area contributed by atoms with Crippen molar-refractivity contribution in [3.63, 3.8) is 0 Å². The van der Waals surface area contributed by atoms with Gasteiger partial charge in [-0.1, -0.05) is 0 Å². The van der Waals surface area contributed by atoms with Gasteiger partial charge in [0.2, 0.25) is 0 Å². The first-order chi connectivity index (χ1) is 6.24. The van der Waals surface area contributed by atoms with E-state index in [4.69, 9.17) is 5.11 Å². The molecule has 0 saturated carbocycles. The number of hydrogen-bond donors (Lipinski definition) is 1.